The van der Waals surface area contributed by atoms with E-state index in [0.29, 0.717) is 43.2 Å². The first-order valence-electron chi connectivity index (χ1n) is 11.0. The van der Waals surface area contributed by atoms with E-state index in [1.165, 1.54) is 0 Å². The zero-order valence-electron chi connectivity index (χ0n) is 18.6. The van der Waals surface area contributed by atoms with Crippen LogP contribution in [0.2, 0.25) is 0 Å². The number of hydrogen-bond donors (Lipinski definition) is 1. The molecule has 1 fully saturated rings. The van der Waals surface area contributed by atoms with Crippen molar-refractivity contribution in [1.29, 1.82) is 0 Å². The van der Waals surface area contributed by atoms with E-state index in [-0.39, 0.29) is 11.8 Å². The molecular weight excluding hydrogens is 406 g/mol. The van der Waals surface area contributed by atoms with Crippen LogP contribution in [0.5, 0.6) is 5.75 Å². The van der Waals surface area contributed by atoms with E-state index in [1.54, 1.807) is 24.0 Å². The normalized spacial score (nSPS) is 14.5. The van der Waals surface area contributed by atoms with Gasteiger partial charge >= 0.3 is 0 Å². The van der Waals surface area contributed by atoms with Crippen molar-refractivity contribution in [3.05, 3.63) is 59.5 Å². The minimum absolute atomic E-state index is 0.0439. The summed E-state index contributed by atoms with van der Waals surface area (Å²) in [5, 5.41) is 7.27. The summed E-state index contributed by atoms with van der Waals surface area (Å²) in [5.41, 5.74) is 3.23. The third-order valence-corrected chi connectivity index (χ3v) is 5.96. The number of rotatable bonds is 7. The third-order valence-electron chi connectivity index (χ3n) is 5.96. The monoisotopic (exact) mass is 435 g/mol. The molecule has 1 aliphatic heterocycles. The van der Waals surface area contributed by atoms with Gasteiger partial charge in [-0.15, -0.1) is 0 Å². The minimum Gasteiger partial charge on any atom is -0.497 e. The molecule has 1 aromatic carbocycles. The molecule has 0 aliphatic carbocycles. The fourth-order valence-electron chi connectivity index (χ4n) is 4.14. The van der Waals surface area contributed by atoms with Crippen LogP contribution in [0.15, 0.2) is 42.9 Å². The van der Waals surface area contributed by atoms with Crippen LogP contribution in [0.3, 0.4) is 0 Å². The van der Waals surface area contributed by atoms with Crippen molar-refractivity contribution >= 4 is 17.5 Å². The molecule has 3 aromatic rings. The molecule has 2 aromatic heterocycles. The first-order chi connectivity index (χ1) is 15.5. The zero-order chi connectivity index (χ0) is 22.5. The molecule has 0 atom stereocenters. The van der Waals surface area contributed by atoms with Crippen LogP contribution in [0.1, 0.15) is 40.7 Å². The second kappa shape index (κ2) is 9.80. The molecule has 3 heterocycles. The molecule has 8 heteroatoms. The van der Waals surface area contributed by atoms with Gasteiger partial charge in [0.2, 0.25) is 5.91 Å². The predicted octanol–water partition coefficient (Wildman–Crippen LogP) is 2.65. The molecular formula is C24H29N5O3. The topological polar surface area (TPSA) is 88.8 Å². The van der Waals surface area contributed by atoms with E-state index in [4.69, 9.17) is 4.74 Å². The molecule has 2 amide bonds. The van der Waals surface area contributed by atoms with Gasteiger partial charge < -0.3 is 15.0 Å². The lowest BCUT2D eigenvalue weighted by Crippen LogP contribution is -2.39. The average Bonchev–Trinajstić information content (AvgIpc) is 3.22. The van der Waals surface area contributed by atoms with E-state index in [1.807, 2.05) is 42.3 Å². The number of methoxy groups -OCH3 is 1. The number of ether oxygens (including phenoxy) is 1. The van der Waals surface area contributed by atoms with Crippen LogP contribution in [0.25, 0.3) is 5.65 Å². The number of carbonyl (C=O) groups is 2. The maximum atomic E-state index is 13.0. The van der Waals surface area contributed by atoms with Crippen LogP contribution in [-0.4, -0.2) is 58.1 Å². The standard InChI is InChI=1S/C24H29N5O3/c1-17-14-26-23-21(15-27-29(23)16-17)24(31)28-10-7-19(8-11-28)13-22(30)25-9-6-18-4-3-5-20(12-18)32-2/h3-5,12,14-16,19H,6-11,13H2,1-2H3,(H,25,30). The maximum Gasteiger partial charge on any atom is 0.259 e. The number of aromatic nitrogens is 3. The van der Waals surface area contributed by atoms with Gasteiger partial charge in [0.15, 0.2) is 5.65 Å². The third kappa shape index (κ3) is 5.07. The van der Waals surface area contributed by atoms with Crippen molar-refractivity contribution in [3.8, 4) is 5.75 Å². The van der Waals surface area contributed by atoms with Gasteiger partial charge in [-0.2, -0.15) is 5.10 Å². The van der Waals surface area contributed by atoms with Gasteiger partial charge in [-0.25, -0.2) is 9.50 Å². The zero-order valence-corrected chi connectivity index (χ0v) is 18.6. The number of piperidine rings is 1. The Bertz CT molecular complexity index is 1100. The van der Waals surface area contributed by atoms with Crippen LogP contribution in [0.4, 0.5) is 0 Å². The molecule has 0 spiro atoms. The average molecular weight is 436 g/mol. The summed E-state index contributed by atoms with van der Waals surface area (Å²) in [6.07, 6.45) is 8.10. The lowest BCUT2D eigenvalue weighted by Gasteiger charge is -2.31. The molecule has 1 aliphatic rings. The second-order valence-corrected chi connectivity index (χ2v) is 8.35. The number of likely N-dealkylation sites (tertiary alicyclic amines) is 1. The molecule has 0 radical (unpaired) electrons. The summed E-state index contributed by atoms with van der Waals surface area (Å²) in [6, 6.07) is 7.88. The number of carbonyl (C=O) groups excluding carboxylic acids is 2. The SMILES string of the molecule is COc1cccc(CCNC(=O)CC2CCN(C(=O)c3cnn4cc(C)cnc34)CC2)c1. The fraction of sp³-hybridized carbons (Fsp3) is 0.417. The number of benzene rings is 1. The number of nitrogens with zero attached hydrogens (tertiary/aromatic N) is 4. The summed E-state index contributed by atoms with van der Waals surface area (Å²) < 4.78 is 6.88. The summed E-state index contributed by atoms with van der Waals surface area (Å²) in [5.74, 6) is 1.14. The fourth-order valence-corrected chi connectivity index (χ4v) is 4.14. The lowest BCUT2D eigenvalue weighted by molar-refractivity contribution is -0.122. The van der Waals surface area contributed by atoms with E-state index in [2.05, 4.69) is 15.4 Å². The highest BCUT2D eigenvalue weighted by atomic mass is 16.5. The molecule has 0 bridgehead atoms. The quantitative estimate of drug-likeness (QED) is 0.616. The van der Waals surface area contributed by atoms with Crippen molar-refractivity contribution in [2.45, 2.75) is 32.6 Å². The lowest BCUT2D eigenvalue weighted by atomic mass is 9.93. The molecule has 1 N–H and O–H groups in total. The van der Waals surface area contributed by atoms with Gasteiger partial charge in [0.25, 0.3) is 5.91 Å². The highest BCUT2D eigenvalue weighted by Gasteiger charge is 2.27. The molecule has 1 saturated heterocycles. The van der Waals surface area contributed by atoms with Crippen LogP contribution in [-0.2, 0) is 11.2 Å². The second-order valence-electron chi connectivity index (χ2n) is 8.35. The van der Waals surface area contributed by atoms with E-state index >= 15 is 0 Å². The van der Waals surface area contributed by atoms with Crippen molar-refractivity contribution in [1.82, 2.24) is 24.8 Å². The number of nitrogens with one attached hydrogen (secondary N) is 1. The summed E-state index contributed by atoms with van der Waals surface area (Å²) >= 11 is 0. The predicted molar refractivity (Wildman–Crippen MR) is 121 cm³/mol. The van der Waals surface area contributed by atoms with Crippen LogP contribution >= 0.6 is 0 Å². The largest absolute Gasteiger partial charge is 0.497 e. The van der Waals surface area contributed by atoms with Gasteiger partial charge in [-0.1, -0.05) is 12.1 Å². The van der Waals surface area contributed by atoms with Crippen molar-refractivity contribution in [2.75, 3.05) is 26.7 Å². The van der Waals surface area contributed by atoms with Gasteiger partial charge in [-0.3, -0.25) is 9.59 Å². The van der Waals surface area contributed by atoms with Gasteiger partial charge in [0.1, 0.15) is 11.3 Å². The van der Waals surface area contributed by atoms with Crippen molar-refractivity contribution < 1.29 is 14.3 Å². The van der Waals surface area contributed by atoms with Crippen molar-refractivity contribution in [2.24, 2.45) is 5.92 Å². The summed E-state index contributed by atoms with van der Waals surface area (Å²) in [6.45, 7) is 3.83. The molecule has 0 unspecified atom stereocenters. The highest BCUT2D eigenvalue weighted by Crippen LogP contribution is 2.23. The molecule has 0 saturated carbocycles. The first-order valence-corrected chi connectivity index (χ1v) is 11.0. The Labute approximate surface area is 187 Å². The van der Waals surface area contributed by atoms with Gasteiger partial charge in [-0.05, 0) is 55.4 Å². The molecule has 32 heavy (non-hydrogen) atoms. The highest BCUT2D eigenvalue weighted by molar-refractivity contribution is 5.99. The minimum atomic E-state index is -0.0439. The maximum absolute atomic E-state index is 13.0. The van der Waals surface area contributed by atoms with Crippen LogP contribution < -0.4 is 10.1 Å². The van der Waals surface area contributed by atoms with Crippen molar-refractivity contribution in [3.63, 3.8) is 0 Å². The first kappa shape index (κ1) is 21.8. The van der Waals surface area contributed by atoms with Gasteiger partial charge in [0.05, 0.1) is 13.3 Å². The van der Waals surface area contributed by atoms with E-state index < -0.39 is 0 Å². The molecule has 168 valence electrons. The Morgan fingerprint density at radius 3 is 2.81 bits per heavy atom. The summed E-state index contributed by atoms with van der Waals surface area (Å²) in [7, 11) is 1.65. The Morgan fingerprint density at radius 1 is 1.22 bits per heavy atom. The Hall–Kier alpha value is -3.42. The molecule has 8 nitrogen and oxygen atoms in total. The van der Waals surface area contributed by atoms with E-state index in [9.17, 15) is 9.59 Å². The Kier molecular flexibility index (Phi) is 6.68. The number of amides is 2. The van der Waals surface area contributed by atoms with Crippen LogP contribution in [0, 0.1) is 12.8 Å². The summed E-state index contributed by atoms with van der Waals surface area (Å²) in [4.78, 5) is 31.5. The number of aryl methyl sites for hydroxylation is 1. The smallest absolute Gasteiger partial charge is 0.259 e. The Morgan fingerprint density at radius 2 is 2.03 bits per heavy atom. The number of hydrogen-bond acceptors (Lipinski definition) is 5. The number of fused-ring (bicyclic) bond motifs is 1. The Balaban J connectivity index is 1.22. The van der Waals surface area contributed by atoms with Gasteiger partial charge in [0, 0.05) is 38.4 Å². The molecule has 4 rings (SSSR count). The van der Waals surface area contributed by atoms with E-state index in [0.717, 1.165) is 36.1 Å².